The Morgan fingerprint density at radius 3 is 1.90 bits per heavy atom. The van der Waals surface area contributed by atoms with Crippen LogP contribution < -0.4 is 0 Å². The Labute approximate surface area is 116 Å². The quantitative estimate of drug-likeness (QED) is 0.602. The van der Waals surface area contributed by atoms with Gasteiger partial charge in [-0.05, 0) is 20.3 Å². The van der Waals surface area contributed by atoms with Crippen LogP contribution in [0.15, 0.2) is 0 Å². The van der Waals surface area contributed by atoms with Gasteiger partial charge in [-0.1, -0.05) is 6.92 Å². The van der Waals surface area contributed by atoms with Crippen molar-refractivity contribution in [2.75, 3.05) is 6.67 Å². The Morgan fingerprint density at radius 1 is 1.19 bits per heavy atom. The minimum atomic E-state index is -6.16. The van der Waals surface area contributed by atoms with E-state index in [1.165, 1.54) is 20.8 Å². The summed E-state index contributed by atoms with van der Waals surface area (Å²) in [7, 11) is 0. The number of aliphatic hydroxyl groups is 1. The Hall–Kier alpha value is -1.06. The van der Waals surface area contributed by atoms with E-state index in [4.69, 9.17) is 5.11 Å². The fourth-order valence-electron chi connectivity index (χ4n) is 1.01. The maximum Gasteiger partial charge on any atom is 0.426 e. The summed E-state index contributed by atoms with van der Waals surface area (Å²) in [5.41, 5.74) is -6.73. The van der Waals surface area contributed by atoms with Crippen molar-refractivity contribution in [1.82, 2.24) is 0 Å². The van der Waals surface area contributed by atoms with Crippen molar-refractivity contribution in [2.24, 2.45) is 5.41 Å². The largest absolute Gasteiger partial charge is 0.426 e. The van der Waals surface area contributed by atoms with Crippen molar-refractivity contribution in [1.29, 1.82) is 0 Å². The molecule has 0 amide bonds. The molecule has 2 unspecified atom stereocenters. The SMILES string of the molecule is CCC(C)(C)C(=O)OC(F)C(F)(F)C(O)(CF)C(F)(F)F. The van der Waals surface area contributed by atoms with Crippen molar-refractivity contribution >= 4 is 5.97 Å². The molecule has 3 nitrogen and oxygen atoms in total. The highest BCUT2D eigenvalue weighted by atomic mass is 19.4. The van der Waals surface area contributed by atoms with Crippen LogP contribution in [0.25, 0.3) is 0 Å². The Kier molecular flexibility index (Phi) is 5.67. The van der Waals surface area contributed by atoms with Crippen LogP contribution in [-0.2, 0) is 9.53 Å². The average Bonchev–Trinajstić information content (AvgIpc) is 2.35. The van der Waals surface area contributed by atoms with Gasteiger partial charge in [0.25, 0.3) is 5.60 Å². The zero-order chi connectivity index (χ0) is 17.3. The molecule has 0 fully saturated rings. The Balaban J connectivity index is 5.38. The molecule has 0 rings (SSSR count). The molecular weight excluding hydrogens is 313 g/mol. The molecule has 2 atom stereocenters. The van der Waals surface area contributed by atoms with E-state index in [-0.39, 0.29) is 6.42 Å². The first-order valence-corrected chi connectivity index (χ1v) is 5.75. The second-order valence-corrected chi connectivity index (χ2v) is 5.07. The van der Waals surface area contributed by atoms with E-state index in [1.807, 2.05) is 0 Å². The maximum atomic E-state index is 13.4. The molecule has 0 saturated heterocycles. The molecule has 0 heterocycles. The molecule has 10 heteroatoms. The van der Waals surface area contributed by atoms with Gasteiger partial charge in [-0.2, -0.15) is 26.3 Å². The summed E-state index contributed by atoms with van der Waals surface area (Å²) < 4.78 is 92.9. The summed E-state index contributed by atoms with van der Waals surface area (Å²) in [6.07, 6.45) is -10.3. The topological polar surface area (TPSA) is 46.5 Å². The van der Waals surface area contributed by atoms with Gasteiger partial charge in [0, 0.05) is 0 Å². The summed E-state index contributed by atoms with van der Waals surface area (Å²) >= 11 is 0. The number of carbonyl (C=O) groups is 1. The van der Waals surface area contributed by atoms with Crippen LogP contribution in [-0.4, -0.2) is 41.8 Å². The van der Waals surface area contributed by atoms with Crippen molar-refractivity contribution in [3.05, 3.63) is 0 Å². The minimum absolute atomic E-state index is 0.0246. The predicted molar refractivity (Wildman–Crippen MR) is 57.0 cm³/mol. The summed E-state index contributed by atoms with van der Waals surface area (Å²) in [5.74, 6) is -7.25. The van der Waals surface area contributed by atoms with Gasteiger partial charge >= 0.3 is 24.4 Å². The molecule has 0 aliphatic carbocycles. The lowest BCUT2D eigenvalue weighted by atomic mass is 9.90. The van der Waals surface area contributed by atoms with Gasteiger partial charge in [-0.3, -0.25) is 4.79 Å². The second-order valence-electron chi connectivity index (χ2n) is 5.07. The number of alkyl halides is 7. The van der Waals surface area contributed by atoms with Crippen LogP contribution in [0, 0.1) is 5.41 Å². The Bertz CT molecular complexity index is 381. The van der Waals surface area contributed by atoms with Gasteiger partial charge in [-0.15, -0.1) is 0 Å². The van der Waals surface area contributed by atoms with Crippen LogP contribution in [0.3, 0.4) is 0 Å². The molecule has 0 aromatic rings. The molecule has 0 bridgehead atoms. The highest BCUT2D eigenvalue weighted by Crippen LogP contribution is 2.45. The summed E-state index contributed by atoms with van der Waals surface area (Å²) in [6, 6.07) is 0. The van der Waals surface area contributed by atoms with Gasteiger partial charge in [0.2, 0.25) is 0 Å². The smallest absolute Gasteiger partial charge is 0.424 e. The number of hydrogen-bond acceptors (Lipinski definition) is 3. The normalized spacial score (nSPS) is 18.0. The van der Waals surface area contributed by atoms with Crippen molar-refractivity contribution in [3.8, 4) is 0 Å². The zero-order valence-corrected chi connectivity index (χ0v) is 11.4. The Morgan fingerprint density at radius 2 is 1.62 bits per heavy atom. The molecule has 0 spiro atoms. The van der Waals surface area contributed by atoms with Gasteiger partial charge in [0.15, 0.2) is 0 Å². The zero-order valence-electron chi connectivity index (χ0n) is 11.4. The van der Waals surface area contributed by atoms with E-state index in [9.17, 15) is 35.5 Å². The fraction of sp³-hybridized carbons (Fsp3) is 0.909. The first kappa shape index (κ1) is 19.9. The van der Waals surface area contributed by atoms with Crippen LogP contribution >= 0.6 is 0 Å². The van der Waals surface area contributed by atoms with Gasteiger partial charge in [-0.25, -0.2) is 4.39 Å². The van der Waals surface area contributed by atoms with E-state index in [2.05, 4.69) is 4.74 Å². The molecule has 0 saturated carbocycles. The maximum absolute atomic E-state index is 13.4. The first-order valence-electron chi connectivity index (χ1n) is 5.75. The third kappa shape index (κ3) is 3.58. The summed E-state index contributed by atoms with van der Waals surface area (Å²) in [6.45, 7) is 0.801. The fourth-order valence-corrected chi connectivity index (χ4v) is 1.01. The van der Waals surface area contributed by atoms with E-state index in [0.717, 1.165) is 0 Å². The lowest BCUT2D eigenvalue weighted by Gasteiger charge is -2.36. The molecule has 1 N–H and O–H groups in total. The second kappa shape index (κ2) is 5.98. The first-order chi connectivity index (χ1) is 9.17. The monoisotopic (exact) mass is 328 g/mol. The standard InChI is InChI=1S/C11H15F7O3/c1-4-8(2,3)7(19)21-6(13)10(14,15)9(20,5-12)11(16,17)18/h6,20H,4-5H2,1-3H3. The molecule has 0 aliphatic heterocycles. The molecule has 0 aromatic heterocycles. The number of esters is 1. The molecule has 126 valence electrons. The average molecular weight is 328 g/mol. The van der Waals surface area contributed by atoms with E-state index >= 15 is 0 Å². The third-order valence-corrected chi connectivity index (χ3v) is 3.15. The van der Waals surface area contributed by atoms with Crippen molar-refractivity contribution in [2.45, 2.75) is 51.2 Å². The highest BCUT2D eigenvalue weighted by molar-refractivity contribution is 5.75. The number of carbonyl (C=O) groups excluding carboxylic acids is 1. The van der Waals surface area contributed by atoms with Gasteiger partial charge < -0.3 is 9.84 Å². The summed E-state index contributed by atoms with van der Waals surface area (Å²) in [4.78, 5) is 11.4. The third-order valence-electron chi connectivity index (χ3n) is 3.15. The predicted octanol–water partition coefficient (Wildman–Crippen LogP) is 3.16. The number of halogens is 7. The van der Waals surface area contributed by atoms with Crippen LogP contribution in [0.5, 0.6) is 0 Å². The van der Waals surface area contributed by atoms with Gasteiger partial charge in [0.1, 0.15) is 6.67 Å². The lowest BCUT2D eigenvalue weighted by Crippen LogP contribution is -2.64. The van der Waals surface area contributed by atoms with Crippen molar-refractivity contribution < 1.29 is 45.4 Å². The highest BCUT2D eigenvalue weighted by Gasteiger charge is 2.74. The van der Waals surface area contributed by atoms with Crippen LogP contribution in [0.4, 0.5) is 30.7 Å². The number of rotatable bonds is 6. The van der Waals surface area contributed by atoms with Gasteiger partial charge in [0.05, 0.1) is 5.41 Å². The summed E-state index contributed by atoms with van der Waals surface area (Å²) in [5, 5.41) is 8.75. The molecule has 0 radical (unpaired) electrons. The lowest BCUT2D eigenvalue weighted by molar-refractivity contribution is -0.366. The van der Waals surface area contributed by atoms with Crippen LogP contribution in [0.1, 0.15) is 27.2 Å². The van der Waals surface area contributed by atoms with E-state index < -0.39 is 42.1 Å². The molecule has 21 heavy (non-hydrogen) atoms. The molecule has 0 aliphatic rings. The molecular formula is C11H15F7O3. The van der Waals surface area contributed by atoms with Crippen LogP contribution in [0.2, 0.25) is 0 Å². The number of hydrogen-bond donors (Lipinski definition) is 1. The minimum Gasteiger partial charge on any atom is -0.424 e. The number of ether oxygens (including phenoxy) is 1. The van der Waals surface area contributed by atoms with E-state index in [1.54, 1.807) is 0 Å². The molecule has 0 aromatic carbocycles. The van der Waals surface area contributed by atoms with E-state index in [0.29, 0.717) is 0 Å². The van der Waals surface area contributed by atoms with Crippen molar-refractivity contribution in [3.63, 3.8) is 0 Å².